The van der Waals surface area contributed by atoms with Gasteiger partial charge in [0, 0.05) is 0 Å². The van der Waals surface area contributed by atoms with Crippen LogP contribution in [0.15, 0.2) is 18.2 Å². The van der Waals surface area contributed by atoms with Gasteiger partial charge in [0.1, 0.15) is 0 Å². The van der Waals surface area contributed by atoms with E-state index in [2.05, 4.69) is 31.6 Å². The number of benzene rings is 1. The lowest BCUT2D eigenvalue weighted by molar-refractivity contribution is -0.140. The predicted octanol–water partition coefficient (Wildman–Crippen LogP) is 3.75. The fraction of sp³-hybridized carbons (Fsp3) is 0.500. The molecule has 3 heteroatoms. The van der Waals surface area contributed by atoms with Crippen molar-refractivity contribution in [2.45, 2.75) is 38.5 Å². The van der Waals surface area contributed by atoms with Crippen molar-refractivity contribution < 1.29 is 9.53 Å². The molecule has 1 aromatic carbocycles. The summed E-state index contributed by atoms with van der Waals surface area (Å²) in [4.78, 5) is 11.5. The van der Waals surface area contributed by atoms with Gasteiger partial charge >= 0.3 is 5.97 Å². The van der Waals surface area contributed by atoms with Crippen LogP contribution in [0, 0.1) is 6.92 Å². The zero-order valence-electron chi connectivity index (χ0n) is 11.0. The number of alkyl halides is 1. The molecule has 0 amide bonds. The Morgan fingerprint density at radius 1 is 1.35 bits per heavy atom. The third-order valence-corrected chi connectivity index (χ3v) is 3.24. The molecule has 0 fully saturated rings. The molecule has 1 atom stereocenters. The summed E-state index contributed by atoms with van der Waals surface area (Å²) in [6.45, 7) is 8.33. The van der Waals surface area contributed by atoms with Crippen LogP contribution in [0.3, 0.4) is 0 Å². The monoisotopic (exact) mass is 254 g/mol. The van der Waals surface area contributed by atoms with Crippen LogP contribution in [-0.4, -0.2) is 13.1 Å². The minimum atomic E-state index is -0.734. The number of ether oxygens (including phenoxy) is 1. The second-order valence-electron chi connectivity index (χ2n) is 5.21. The van der Waals surface area contributed by atoms with Gasteiger partial charge in [0.05, 0.1) is 7.11 Å². The first-order valence-corrected chi connectivity index (χ1v) is 6.04. The first kappa shape index (κ1) is 14.0. The molecule has 0 aliphatic rings. The molecule has 0 saturated carbocycles. The highest BCUT2D eigenvalue weighted by Gasteiger charge is 2.22. The van der Waals surface area contributed by atoms with E-state index >= 15 is 0 Å². The molecule has 0 radical (unpaired) electrons. The van der Waals surface area contributed by atoms with E-state index in [1.807, 2.05) is 19.1 Å². The van der Waals surface area contributed by atoms with E-state index in [4.69, 9.17) is 11.6 Å². The number of esters is 1. The van der Waals surface area contributed by atoms with Crippen LogP contribution in [0.2, 0.25) is 0 Å². The minimum Gasteiger partial charge on any atom is -0.468 e. The van der Waals surface area contributed by atoms with Gasteiger partial charge in [-0.25, -0.2) is 0 Å². The first-order valence-electron chi connectivity index (χ1n) is 5.60. The second-order valence-corrected chi connectivity index (χ2v) is 5.64. The molecule has 0 aromatic heterocycles. The van der Waals surface area contributed by atoms with E-state index in [1.165, 1.54) is 7.11 Å². The summed E-state index contributed by atoms with van der Waals surface area (Å²) in [5, 5.41) is -0.734. The molecule has 1 rings (SSSR count). The normalized spacial score (nSPS) is 13.3. The third kappa shape index (κ3) is 3.22. The van der Waals surface area contributed by atoms with E-state index in [-0.39, 0.29) is 5.41 Å². The summed E-state index contributed by atoms with van der Waals surface area (Å²) in [5.74, 6) is -0.416. The number of halogens is 1. The Balaban J connectivity index is 3.20. The molecule has 1 aromatic rings. The maximum Gasteiger partial charge on any atom is 0.328 e. The average molecular weight is 255 g/mol. The number of carbonyl (C=O) groups excluding carboxylic acids is 1. The average Bonchev–Trinajstić information content (AvgIpc) is 2.26. The van der Waals surface area contributed by atoms with Crippen molar-refractivity contribution in [2.24, 2.45) is 0 Å². The van der Waals surface area contributed by atoms with Gasteiger partial charge in [-0.15, -0.1) is 11.6 Å². The van der Waals surface area contributed by atoms with E-state index in [0.29, 0.717) is 0 Å². The Morgan fingerprint density at radius 3 is 2.41 bits per heavy atom. The Morgan fingerprint density at radius 2 is 1.94 bits per heavy atom. The summed E-state index contributed by atoms with van der Waals surface area (Å²) in [7, 11) is 1.35. The maximum absolute atomic E-state index is 11.5. The van der Waals surface area contributed by atoms with Crippen molar-refractivity contribution >= 4 is 17.6 Å². The van der Waals surface area contributed by atoms with Crippen LogP contribution in [0.5, 0.6) is 0 Å². The van der Waals surface area contributed by atoms with Crippen LogP contribution in [0.1, 0.15) is 42.8 Å². The van der Waals surface area contributed by atoms with E-state index in [0.717, 1.165) is 16.7 Å². The van der Waals surface area contributed by atoms with Gasteiger partial charge in [0.25, 0.3) is 0 Å². The van der Waals surface area contributed by atoms with E-state index in [1.54, 1.807) is 0 Å². The van der Waals surface area contributed by atoms with Crippen LogP contribution in [0.4, 0.5) is 0 Å². The molecular formula is C14H19ClO2. The van der Waals surface area contributed by atoms with E-state index in [9.17, 15) is 4.79 Å². The summed E-state index contributed by atoms with van der Waals surface area (Å²) in [6.07, 6.45) is 0. The molecule has 17 heavy (non-hydrogen) atoms. The number of hydrogen-bond donors (Lipinski definition) is 0. The van der Waals surface area contributed by atoms with Gasteiger partial charge in [-0.2, -0.15) is 0 Å². The van der Waals surface area contributed by atoms with Crippen LogP contribution >= 0.6 is 11.6 Å². The summed E-state index contributed by atoms with van der Waals surface area (Å²) in [6, 6.07) is 6.05. The summed E-state index contributed by atoms with van der Waals surface area (Å²) >= 11 is 6.11. The van der Waals surface area contributed by atoms with Crippen molar-refractivity contribution in [3.8, 4) is 0 Å². The van der Waals surface area contributed by atoms with Crippen LogP contribution in [-0.2, 0) is 14.9 Å². The van der Waals surface area contributed by atoms with Gasteiger partial charge in [-0.05, 0) is 29.0 Å². The first-order chi connectivity index (χ1) is 7.77. The molecule has 1 unspecified atom stereocenters. The highest BCUT2D eigenvalue weighted by atomic mass is 35.5. The molecule has 0 aliphatic heterocycles. The number of methoxy groups -OCH3 is 1. The molecule has 94 valence electrons. The topological polar surface area (TPSA) is 26.3 Å². The lowest BCUT2D eigenvalue weighted by Crippen LogP contribution is -2.14. The SMILES string of the molecule is COC(=O)C(Cl)c1cc(C(C)(C)C)ccc1C. The number of rotatable bonds is 2. The van der Waals surface area contributed by atoms with Crippen molar-refractivity contribution in [3.05, 3.63) is 34.9 Å². The quantitative estimate of drug-likeness (QED) is 0.594. The molecule has 0 heterocycles. The lowest BCUT2D eigenvalue weighted by Gasteiger charge is -2.21. The van der Waals surface area contributed by atoms with E-state index < -0.39 is 11.3 Å². The largest absolute Gasteiger partial charge is 0.468 e. The molecular weight excluding hydrogens is 236 g/mol. The van der Waals surface area contributed by atoms with Gasteiger partial charge in [0.2, 0.25) is 0 Å². The van der Waals surface area contributed by atoms with Crippen molar-refractivity contribution in [1.82, 2.24) is 0 Å². The molecule has 0 bridgehead atoms. The summed E-state index contributed by atoms with van der Waals surface area (Å²) < 4.78 is 4.68. The van der Waals surface area contributed by atoms with Crippen molar-refractivity contribution in [2.75, 3.05) is 7.11 Å². The molecule has 2 nitrogen and oxygen atoms in total. The predicted molar refractivity (Wildman–Crippen MR) is 70.5 cm³/mol. The molecule has 0 aliphatic carbocycles. The zero-order valence-corrected chi connectivity index (χ0v) is 11.8. The maximum atomic E-state index is 11.5. The number of carbonyl (C=O) groups is 1. The van der Waals surface area contributed by atoms with Crippen LogP contribution < -0.4 is 0 Å². The Hall–Kier alpha value is -1.02. The van der Waals surface area contributed by atoms with Gasteiger partial charge in [-0.3, -0.25) is 4.79 Å². The second kappa shape index (κ2) is 5.09. The van der Waals surface area contributed by atoms with Gasteiger partial charge in [0.15, 0.2) is 5.38 Å². The van der Waals surface area contributed by atoms with Crippen molar-refractivity contribution in [3.63, 3.8) is 0 Å². The summed E-state index contributed by atoms with van der Waals surface area (Å²) in [5.41, 5.74) is 3.02. The Kier molecular flexibility index (Phi) is 4.21. The molecule has 0 spiro atoms. The fourth-order valence-electron chi connectivity index (χ4n) is 1.61. The molecule has 0 saturated heterocycles. The number of aryl methyl sites for hydroxylation is 1. The Bertz CT molecular complexity index is 419. The lowest BCUT2D eigenvalue weighted by atomic mass is 9.85. The standard InChI is InChI=1S/C14H19ClO2/c1-9-6-7-10(14(2,3)4)8-11(9)12(15)13(16)17-5/h6-8,12H,1-5H3. The minimum absolute atomic E-state index is 0.0369. The zero-order chi connectivity index (χ0) is 13.2. The van der Waals surface area contributed by atoms with Gasteiger partial charge in [-0.1, -0.05) is 39.0 Å². The highest BCUT2D eigenvalue weighted by Crippen LogP contribution is 2.30. The van der Waals surface area contributed by atoms with Crippen LogP contribution in [0.25, 0.3) is 0 Å². The fourth-order valence-corrected chi connectivity index (χ4v) is 1.93. The number of hydrogen-bond acceptors (Lipinski definition) is 2. The Labute approximate surface area is 108 Å². The molecule has 0 N–H and O–H groups in total. The highest BCUT2D eigenvalue weighted by molar-refractivity contribution is 6.30. The third-order valence-electron chi connectivity index (χ3n) is 2.83. The van der Waals surface area contributed by atoms with Crippen molar-refractivity contribution in [1.29, 1.82) is 0 Å². The smallest absolute Gasteiger partial charge is 0.328 e. The van der Waals surface area contributed by atoms with Gasteiger partial charge < -0.3 is 4.74 Å².